The Morgan fingerprint density at radius 2 is 1.96 bits per heavy atom. The Morgan fingerprint density at radius 3 is 2.64 bits per heavy atom. The van der Waals surface area contributed by atoms with E-state index in [2.05, 4.69) is 10.2 Å². The van der Waals surface area contributed by atoms with Gasteiger partial charge in [-0.25, -0.2) is 12.8 Å². The predicted molar refractivity (Wildman–Crippen MR) is 87.4 cm³/mol. The zero-order chi connectivity index (χ0) is 17.9. The van der Waals surface area contributed by atoms with E-state index in [0.29, 0.717) is 31.1 Å². The third kappa shape index (κ3) is 4.05. The average Bonchev–Trinajstić information content (AvgIpc) is 2.62. The molecule has 0 N–H and O–H groups in total. The lowest BCUT2D eigenvalue weighted by Gasteiger charge is -2.31. The van der Waals surface area contributed by atoms with E-state index in [1.807, 2.05) is 0 Å². The number of hydrogen-bond donors (Lipinski definition) is 0. The molecule has 1 aliphatic heterocycles. The molecule has 0 bridgehead atoms. The van der Waals surface area contributed by atoms with Gasteiger partial charge in [-0.3, -0.25) is 0 Å². The molecule has 1 aromatic heterocycles. The van der Waals surface area contributed by atoms with E-state index in [9.17, 15) is 12.8 Å². The van der Waals surface area contributed by atoms with Gasteiger partial charge < -0.3 is 9.47 Å². The SMILES string of the molecule is COc1ccc(OC2CCCN(S(=O)(=O)c3cccc(F)c3)C2)nn1. The van der Waals surface area contributed by atoms with E-state index >= 15 is 0 Å². The van der Waals surface area contributed by atoms with Gasteiger partial charge in [-0.2, -0.15) is 4.31 Å². The number of aromatic nitrogens is 2. The third-order valence-corrected chi connectivity index (χ3v) is 5.75. The molecule has 2 aromatic rings. The third-order valence-electron chi connectivity index (χ3n) is 3.89. The number of rotatable bonds is 5. The van der Waals surface area contributed by atoms with Gasteiger partial charge in [0.15, 0.2) is 0 Å². The van der Waals surface area contributed by atoms with E-state index in [0.717, 1.165) is 6.07 Å². The van der Waals surface area contributed by atoms with Gasteiger partial charge in [0.05, 0.1) is 18.6 Å². The van der Waals surface area contributed by atoms with Crippen molar-refractivity contribution >= 4 is 10.0 Å². The number of sulfonamides is 1. The van der Waals surface area contributed by atoms with Crippen LogP contribution in [0.5, 0.6) is 11.8 Å². The quantitative estimate of drug-likeness (QED) is 0.802. The molecule has 1 fully saturated rings. The van der Waals surface area contributed by atoms with Crippen molar-refractivity contribution in [1.29, 1.82) is 0 Å². The van der Waals surface area contributed by atoms with E-state index < -0.39 is 15.8 Å². The highest BCUT2D eigenvalue weighted by Gasteiger charge is 2.31. The highest BCUT2D eigenvalue weighted by Crippen LogP contribution is 2.23. The van der Waals surface area contributed by atoms with Crippen LogP contribution in [0, 0.1) is 5.82 Å². The van der Waals surface area contributed by atoms with E-state index in [4.69, 9.17) is 9.47 Å². The van der Waals surface area contributed by atoms with Crippen LogP contribution in [0.3, 0.4) is 0 Å². The molecular weight excluding hydrogens is 349 g/mol. The number of hydrogen-bond acceptors (Lipinski definition) is 6. The number of nitrogens with zero attached hydrogens (tertiary/aromatic N) is 3. The molecule has 9 heteroatoms. The molecule has 0 aliphatic carbocycles. The maximum absolute atomic E-state index is 13.4. The van der Waals surface area contributed by atoms with Gasteiger partial charge in [0.2, 0.25) is 21.8 Å². The molecule has 2 heterocycles. The molecule has 1 saturated heterocycles. The van der Waals surface area contributed by atoms with Gasteiger partial charge in [-0.05, 0) is 31.0 Å². The Labute approximate surface area is 145 Å². The van der Waals surface area contributed by atoms with Gasteiger partial charge in [0.25, 0.3) is 0 Å². The van der Waals surface area contributed by atoms with Crippen LogP contribution in [0.2, 0.25) is 0 Å². The van der Waals surface area contributed by atoms with Crippen molar-refractivity contribution in [3.63, 3.8) is 0 Å². The fourth-order valence-electron chi connectivity index (χ4n) is 2.65. The van der Waals surface area contributed by atoms with Gasteiger partial charge >= 0.3 is 0 Å². The van der Waals surface area contributed by atoms with Crippen molar-refractivity contribution in [2.45, 2.75) is 23.8 Å². The molecule has 134 valence electrons. The van der Waals surface area contributed by atoms with Crippen LogP contribution in [0.4, 0.5) is 4.39 Å². The summed E-state index contributed by atoms with van der Waals surface area (Å²) in [5.74, 6) is 0.0847. The van der Waals surface area contributed by atoms with Crippen LogP contribution in [0.25, 0.3) is 0 Å². The summed E-state index contributed by atoms with van der Waals surface area (Å²) >= 11 is 0. The lowest BCUT2D eigenvalue weighted by Crippen LogP contribution is -2.44. The molecule has 0 amide bonds. The minimum Gasteiger partial charge on any atom is -0.480 e. The molecule has 0 saturated carbocycles. The minimum absolute atomic E-state index is 0.0580. The minimum atomic E-state index is -3.76. The summed E-state index contributed by atoms with van der Waals surface area (Å²) in [5.41, 5.74) is 0. The standard InChI is InChI=1S/C16H18FN3O4S/c1-23-15-7-8-16(19-18-15)24-13-5-3-9-20(11-13)25(21,22)14-6-2-4-12(17)10-14/h2,4,6-8,10,13H,3,5,9,11H2,1H3. The number of ether oxygens (including phenoxy) is 2. The molecule has 1 aromatic carbocycles. The van der Waals surface area contributed by atoms with Crippen molar-refractivity contribution in [1.82, 2.24) is 14.5 Å². The largest absolute Gasteiger partial charge is 0.480 e. The first-order valence-electron chi connectivity index (χ1n) is 7.79. The maximum atomic E-state index is 13.4. The van der Waals surface area contributed by atoms with Crippen LogP contribution < -0.4 is 9.47 Å². The number of methoxy groups -OCH3 is 1. The summed E-state index contributed by atoms with van der Waals surface area (Å²) in [6.45, 7) is 0.541. The first-order chi connectivity index (χ1) is 12.0. The molecule has 1 unspecified atom stereocenters. The smallest absolute Gasteiger partial charge is 0.243 e. The van der Waals surface area contributed by atoms with E-state index in [-0.39, 0.29) is 17.5 Å². The molecule has 1 atom stereocenters. The van der Waals surface area contributed by atoms with Crippen molar-refractivity contribution in [2.75, 3.05) is 20.2 Å². The topological polar surface area (TPSA) is 81.6 Å². The molecule has 7 nitrogen and oxygen atoms in total. The van der Waals surface area contributed by atoms with Gasteiger partial charge in [0.1, 0.15) is 11.9 Å². The summed E-state index contributed by atoms with van der Waals surface area (Å²) in [4.78, 5) is -0.0580. The van der Waals surface area contributed by atoms with Crippen molar-refractivity contribution in [3.05, 3.63) is 42.2 Å². The van der Waals surface area contributed by atoms with Crippen LogP contribution in [0.1, 0.15) is 12.8 Å². The molecular formula is C16H18FN3O4S. The van der Waals surface area contributed by atoms with Gasteiger partial charge in [-0.1, -0.05) is 6.07 Å². The van der Waals surface area contributed by atoms with Crippen molar-refractivity contribution in [2.24, 2.45) is 0 Å². The summed E-state index contributed by atoms with van der Waals surface area (Å²) in [6.07, 6.45) is 0.992. The number of piperidine rings is 1. The molecule has 3 rings (SSSR count). The van der Waals surface area contributed by atoms with Crippen LogP contribution in [0.15, 0.2) is 41.3 Å². The fourth-order valence-corrected chi connectivity index (χ4v) is 4.19. The highest BCUT2D eigenvalue weighted by molar-refractivity contribution is 7.89. The summed E-state index contributed by atoms with van der Waals surface area (Å²) < 4.78 is 50.7. The Morgan fingerprint density at radius 1 is 1.20 bits per heavy atom. The lowest BCUT2D eigenvalue weighted by atomic mass is 10.1. The van der Waals surface area contributed by atoms with Crippen LogP contribution in [-0.2, 0) is 10.0 Å². The monoisotopic (exact) mass is 367 g/mol. The molecule has 1 aliphatic rings. The lowest BCUT2D eigenvalue weighted by molar-refractivity contribution is 0.123. The zero-order valence-electron chi connectivity index (χ0n) is 13.6. The van der Waals surface area contributed by atoms with Gasteiger partial charge in [0, 0.05) is 18.7 Å². The van der Waals surface area contributed by atoms with Crippen molar-refractivity contribution < 1.29 is 22.3 Å². The number of benzene rings is 1. The van der Waals surface area contributed by atoms with Crippen LogP contribution >= 0.6 is 0 Å². The Balaban J connectivity index is 1.71. The van der Waals surface area contributed by atoms with E-state index in [1.54, 1.807) is 12.1 Å². The first-order valence-corrected chi connectivity index (χ1v) is 9.23. The summed E-state index contributed by atoms with van der Waals surface area (Å²) in [7, 11) is -2.28. The average molecular weight is 367 g/mol. The summed E-state index contributed by atoms with van der Waals surface area (Å²) in [6, 6.07) is 8.24. The van der Waals surface area contributed by atoms with Gasteiger partial charge in [-0.15, -0.1) is 10.2 Å². The molecule has 0 spiro atoms. The molecule has 0 radical (unpaired) electrons. The Bertz CT molecular complexity index is 830. The second-order valence-corrected chi connectivity index (χ2v) is 7.55. The van der Waals surface area contributed by atoms with Crippen LogP contribution in [-0.4, -0.2) is 49.2 Å². The second-order valence-electron chi connectivity index (χ2n) is 5.62. The normalized spacial score (nSPS) is 18.7. The maximum Gasteiger partial charge on any atom is 0.243 e. The summed E-state index contributed by atoms with van der Waals surface area (Å²) in [5, 5.41) is 7.70. The number of halogens is 1. The van der Waals surface area contributed by atoms with Crippen molar-refractivity contribution in [3.8, 4) is 11.8 Å². The first kappa shape index (κ1) is 17.6. The predicted octanol–water partition coefficient (Wildman–Crippen LogP) is 1.86. The Hall–Kier alpha value is -2.26. The Kier molecular flexibility index (Phi) is 5.14. The fraction of sp³-hybridized carbons (Fsp3) is 0.375. The highest BCUT2D eigenvalue weighted by atomic mass is 32.2. The molecule has 25 heavy (non-hydrogen) atoms. The zero-order valence-corrected chi connectivity index (χ0v) is 14.4. The van der Waals surface area contributed by atoms with E-state index in [1.165, 1.54) is 29.6 Å². The second kappa shape index (κ2) is 7.32.